The molecule has 0 N–H and O–H groups in total. The van der Waals surface area contributed by atoms with E-state index in [2.05, 4.69) is 237 Å². The van der Waals surface area contributed by atoms with E-state index in [0.717, 1.165) is 36.4 Å². The largest absolute Gasteiger partial charge is 0.440 e. The predicted molar refractivity (Wildman–Crippen MR) is 302 cm³/mol. The van der Waals surface area contributed by atoms with E-state index in [-0.39, 0.29) is 44.8 Å². The van der Waals surface area contributed by atoms with E-state index < -0.39 is 0 Å². The van der Waals surface area contributed by atoms with Crippen molar-refractivity contribution in [2.45, 2.75) is 181 Å². The molecule has 0 radical (unpaired) electrons. The van der Waals surface area contributed by atoms with Crippen molar-refractivity contribution in [3.05, 3.63) is 148 Å². The van der Waals surface area contributed by atoms with E-state index in [1.807, 2.05) is 0 Å². The SMILES string of the molecule is CC(C)(C)c1ccc2c(c1)-c1cc(C(C)(C)C)cc3c1B(c1c(oc4cc5c(cc14)C(C)(C)CCC5(C)C)N3c1ccc(C(C)(C)C)cc1-c1ccccc1)N2c1ccc2c(c1)C(C)(C)CCC2(C)C. The van der Waals surface area contributed by atoms with E-state index >= 15 is 0 Å². The van der Waals surface area contributed by atoms with Crippen molar-refractivity contribution < 1.29 is 4.42 Å². The fraction of sp³-hybridized carbons (Fsp3) is 0.424. The van der Waals surface area contributed by atoms with Gasteiger partial charge in [-0.1, -0.05) is 172 Å². The highest BCUT2D eigenvalue weighted by Crippen LogP contribution is 2.55. The molecule has 2 aliphatic heterocycles. The van der Waals surface area contributed by atoms with E-state index in [1.165, 1.54) is 101 Å². The normalized spacial score (nSPS) is 18.5. The van der Waals surface area contributed by atoms with E-state index in [4.69, 9.17) is 4.42 Å². The zero-order chi connectivity index (χ0) is 50.0. The molecule has 0 spiro atoms. The molecule has 6 aromatic carbocycles. The molecule has 4 aliphatic rings. The second-order valence-electron chi connectivity index (χ2n) is 27.6. The molecule has 0 saturated carbocycles. The Morgan fingerprint density at radius 1 is 0.443 bits per heavy atom. The van der Waals surface area contributed by atoms with Gasteiger partial charge in [0.2, 0.25) is 5.88 Å². The first-order valence-corrected chi connectivity index (χ1v) is 26.5. The Bertz CT molecular complexity index is 3280. The molecule has 2 aliphatic carbocycles. The highest BCUT2D eigenvalue weighted by Gasteiger charge is 2.50. The van der Waals surface area contributed by atoms with Gasteiger partial charge in [0.1, 0.15) is 5.58 Å². The monoisotopic (exact) mass is 925 g/mol. The van der Waals surface area contributed by atoms with Gasteiger partial charge in [-0.2, -0.15) is 0 Å². The summed E-state index contributed by atoms with van der Waals surface area (Å²) in [5.74, 6) is 0.919. The summed E-state index contributed by atoms with van der Waals surface area (Å²) in [6, 6.07) is 43.3. The third-order valence-electron chi connectivity index (χ3n) is 17.7. The topological polar surface area (TPSA) is 19.6 Å². The lowest BCUT2D eigenvalue weighted by atomic mass is 9.43. The van der Waals surface area contributed by atoms with Gasteiger partial charge in [0.25, 0.3) is 0 Å². The average molecular weight is 925 g/mol. The van der Waals surface area contributed by atoms with Crippen molar-refractivity contribution >= 4 is 57.4 Å². The molecule has 1 aromatic heterocycles. The number of hydrogen-bond donors (Lipinski definition) is 0. The molecule has 70 heavy (non-hydrogen) atoms. The van der Waals surface area contributed by atoms with Gasteiger partial charge in [-0.15, -0.1) is 0 Å². The standard InChI is InChI=1S/C66H77BN2O/c1-60(2,3)41-23-27-53(45(33-41)40-21-19-18-20-22-40)68-55-36-43(62(7,8)9)35-47-46-34-42(61(4,5)6)24-28-54(46)69(44-25-26-49-50(37-44)64(12,13)30-29-63(49,10)11)67(57(47)55)58-48-38-51-52(39-56(48)70-59(58)68)66(16,17)32-31-65(51,14)15/h18-28,33-39H,29-32H2,1-17H3. The summed E-state index contributed by atoms with van der Waals surface area (Å²) in [4.78, 5) is 5.29. The molecule has 3 nitrogen and oxygen atoms in total. The third-order valence-corrected chi connectivity index (χ3v) is 17.7. The number of furan rings is 1. The molecule has 0 bridgehead atoms. The van der Waals surface area contributed by atoms with Gasteiger partial charge in [0.15, 0.2) is 0 Å². The Morgan fingerprint density at radius 2 is 0.957 bits per heavy atom. The number of anilines is 5. The molecule has 3 heterocycles. The third kappa shape index (κ3) is 7.18. The number of rotatable bonds is 3. The minimum atomic E-state index is -0.177. The first kappa shape index (κ1) is 46.9. The van der Waals surface area contributed by atoms with Crippen LogP contribution in [-0.2, 0) is 37.9 Å². The van der Waals surface area contributed by atoms with Crippen LogP contribution >= 0.6 is 0 Å². The molecule has 0 unspecified atom stereocenters. The van der Waals surface area contributed by atoms with Gasteiger partial charge < -0.3 is 9.23 Å². The number of benzene rings is 6. The van der Waals surface area contributed by atoms with Crippen LogP contribution in [0.15, 0.2) is 114 Å². The molecule has 7 aromatic rings. The van der Waals surface area contributed by atoms with Crippen molar-refractivity contribution in [2.75, 3.05) is 9.71 Å². The minimum Gasteiger partial charge on any atom is -0.440 e. The van der Waals surface area contributed by atoms with Gasteiger partial charge in [0, 0.05) is 39.0 Å². The summed E-state index contributed by atoms with van der Waals surface area (Å²) in [6.07, 6.45) is 4.64. The van der Waals surface area contributed by atoms with Crippen LogP contribution in [-0.4, -0.2) is 6.85 Å². The second-order valence-corrected chi connectivity index (χ2v) is 27.6. The molecule has 360 valence electrons. The average Bonchev–Trinajstić information content (AvgIpc) is 3.66. The van der Waals surface area contributed by atoms with Gasteiger partial charge in [-0.3, -0.25) is 4.90 Å². The van der Waals surface area contributed by atoms with Crippen LogP contribution in [0.2, 0.25) is 0 Å². The van der Waals surface area contributed by atoms with Crippen LogP contribution in [0, 0.1) is 0 Å². The second kappa shape index (κ2) is 15.0. The number of nitrogens with zero attached hydrogens (tertiary/aromatic N) is 2. The Hall–Kier alpha value is -5.48. The number of hydrogen-bond acceptors (Lipinski definition) is 3. The minimum absolute atomic E-state index is 0.0184. The lowest BCUT2D eigenvalue weighted by Gasteiger charge is -2.46. The van der Waals surface area contributed by atoms with Crippen molar-refractivity contribution in [1.82, 2.24) is 0 Å². The highest BCUT2D eigenvalue weighted by molar-refractivity contribution is 6.95. The molecular weight excluding hydrogens is 848 g/mol. The van der Waals surface area contributed by atoms with Crippen LogP contribution in [0.5, 0.6) is 0 Å². The maximum atomic E-state index is 7.74. The van der Waals surface area contributed by atoms with E-state index in [1.54, 1.807) is 0 Å². The Labute approximate surface area is 421 Å². The van der Waals surface area contributed by atoms with Crippen molar-refractivity contribution in [2.24, 2.45) is 0 Å². The highest BCUT2D eigenvalue weighted by atomic mass is 16.4. The molecular formula is C66H77BN2O. The molecule has 0 amide bonds. The molecule has 11 rings (SSSR count). The molecule has 4 heteroatoms. The zero-order valence-electron chi connectivity index (χ0n) is 45.6. The van der Waals surface area contributed by atoms with Crippen molar-refractivity contribution in [3.63, 3.8) is 0 Å². The van der Waals surface area contributed by atoms with Crippen LogP contribution < -0.4 is 20.6 Å². The summed E-state index contributed by atoms with van der Waals surface area (Å²) in [6.45, 7) is 40.6. The fourth-order valence-electron chi connectivity index (χ4n) is 12.7. The quantitative estimate of drug-likeness (QED) is 0.165. The van der Waals surface area contributed by atoms with Crippen molar-refractivity contribution in [3.8, 4) is 22.3 Å². The smallest absolute Gasteiger partial charge is 0.337 e. The van der Waals surface area contributed by atoms with Gasteiger partial charge in [-0.25, -0.2) is 0 Å². The summed E-state index contributed by atoms with van der Waals surface area (Å²) in [7, 11) is 0. The summed E-state index contributed by atoms with van der Waals surface area (Å²) in [5.41, 5.74) is 23.2. The maximum absolute atomic E-state index is 7.74. The van der Waals surface area contributed by atoms with E-state index in [9.17, 15) is 0 Å². The van der Waals surface area contributed by atoms with Crippen LogP contribution in [0.25, 0.3) is 33.2 Å². The van der Waals surface area contributed by atoms with Crippen molar-refractivity contribution in [1.29, 1.82) is 0 Å². The van der Waals surface area contributed by atoms with Crippen LogP contribution in [0.3, 0.4) is 0 Å². The summed E-state index contributed by atoms with van der Waals surface area (Å²) >= 11 is 0. The number of fused-ring (bicyclic) bond motifs is 8. The lowest BCUT2D eigenvalue weighted by Crippen LogP contribution is -2.61. The first-order chi connectivity index (χ1) is 32.6. The van der Waals surface area contributed by atoms with Gasteiger partial charge in [-0.05, 0) is 174 Å². The fourth-order valence-corrected chi connectivity index (χ4v) is 12.7. The van der Waals surface area contributed by atoms with Gasteiger partial charge >= 0.3 is 6.85 Å². The Morgan fingerprint density at radius 3 is 1.54 bits per heavy atom. The first-order valence-electron chi connectivity index (χ1n) is 26.5. The lowest BCUT2D eigenvalue weighted by molar-refractivity contribution is 0.332. The zero-order valence-corrected chi connectivity index (χ0v) is 45.6. The molecule has 0 saturated heterocycles. The summed E-state index contributed by atoms with van der Waals surface area (Å²) in [5, 5.41) is 1.22. The van der Waals surface area contributed by atoms with Gasteiger partial charge in [0.05, 0.1) is 5.69 Å². The molecule has 0 fully saturated rings. The van der Waals surface area contributed by atoms with Crippen LogP contribution in [0.1, 0.15) is 182 Å². The summed E-state index contributed by atoms with van der Waals surface area (Å²) < 4.78 is 7.74. The Kier molecular flexibility index (Phi) is 10.1. The Balaban J connectivity index is 1.32. The van der Waals surface area contributed by atoms with E-state index in [0.29, 0.717) is 0 Å². The van der Waals surface area contributed by atoms with Crippen LogP contribution in [0.4, 0.5) is 28.6 Å². The maximum Gasteiger partial charge on any atom is 0.337 e. The molecule has 0 atom stereocenters. The predicted octanol–water partition coefficient (Wildman–Crippen LogP) is 17.4.